The summed E-state index contributed by atoms with van der Waals surface area (Å²) in [7, 11) is 0. The van der Waals surface area contributed by atoms with Crippen LogP contribution >= 0.6 is 11.3 Å². The molecule has 0 unspecified atom stereocenters. The van der Waals surface area contributed by atoms with Crippen molar-refractivity contribution in [1.82, 2.24) is 9.88 Å². The van der Waals surface area contributed by atoms with E-state index < -0.39 is 0 Å². The van der Waals surface area contributed by atoms with Crippen molar-refractivity contribution in [3.8, 4) is 0 Å². The summed E-state index contributed by atoms with van der Waals surface area (Å²) in [4.78, 5) is 33.6. The second kappa shape index (κ2) is 8.92. The molecule has 144 valence electrons. The number of morpholine rings is 1. The molecular formula is C18H29N4O3S+. The number of carbonyl (C=O) groups is 2. The average Bonchev–Trinajstić information content (AvgIpc) is 3.41. The number of thiazole rings is 1. The molecule has 2 N–H and O–H groups in total. The van der Waals surface area contributed by atoms with E-state index in [4.69, 9.17) is 4.74 Å². The number of hydrogen-bond acceptors (Lipinski definition) is 5. The zero-order valence-electron chi connectivity index (χ0n) is 15.7. The van der Waals surface area contributed by atoms with Crippen molar-refractivity contribution in [3.05, 3.63) is 10.6 Å². The maximum absolute atomic E-state index is 12.5. The van der Waals surface area contributed by atoms with Crippen molar-refractivity contribution in [2.24, 2.45) is 5.92 Å². The Hall–Kier alpha value is -1.51. The Morgan fingerprint density at radius 2 is 2.04 bits per heavy atom. The second-order valence-corrected chi connectivity index (χ2v) is 8.41. The number of rotatable bonds is 8. The van der Waals surface area contributed by atoms with Gasteiger partial charge in [-0.05, 0) is 26.7 Å². The molecule has 2 aliphatic rings. The number of amides is 2. The van der Waals surface area contributed by atoms with Crippen LogP contribution in [0.5, 0.6) is 0 Å². The predicted molar refractivity (Wildman–Crippen MR) is 101 cm³/mol. The molecule has 0 radical (unpaired) electrons. The van der Waals surface area contributed by atoms with E-state index in [1.807, 2.05) is 13.8 Å². The van der Waals surface area contributed by atoms with Gasteiger partial charge < -0.3 is 19.9 Å². The lowest BCUT2D eigenvalue weighted by Crippen LogP contribution is -3.14. The van der Waals surface area contributed by atoms with E-state index in [-0.39, 0.29) is 24.3 Å². The fourth-order valence-electron chi connectivity index (χ4n) is 3.14. The molecule has 1 aromatic rings. The minimum absolute atomic E-state index is 0.117. The van der Waals surface area contributed by atoms with E-state index in [1.54, 1.807) is 4.90 Å². The molecule has 1 aliphatic carbocycles. The quantitative estimate of drug-likeness (QED) is 0.677. The van der Waals surface area contributed by atoms with Gasteiger partial charge in [0.25, 0.3) is 0 Å². The van der Waals surface area contributed by atoms with Gasteiger partial charge in [-0.1, -0.05) is 0 Å². The summed E-state index contributed by atoms with van der Waals surface area (Å²) in [5.74, 6) is 0.0954. The number of nitrogens with zero attached hydrogens (tertiary/aromatic N) is 2. The monoisotopic (exact) mass is 381 g/mol. The number of carbonyl (C=O) groups excluding carboxylic acids is 2. The van der Waals surface area contributed by atoms with E-state index in [2.05, 4.69) is 10.3 Å². The standard InChI is InChI=1S/C18H28N4O3S/c1-13-14(2)26-18(19-13)20-16(23)12-22(17(24)15-4-5-15)7-3-6-21-8-10-25-11-9-21/h15H,3-12H2,1-2H3,(H,19,20,23)/p+1. The van der Waals surface area contributed by atoms with E-state index in [9.17, 15) is 9.59 Å². The van der Waals surface area contributed by atoms with E-state index in [0.717, 1.165) is 62.7 Å². The lowest BCUT2D eigenvalue weighted by molar-refractivity contribution is -0.908. The normalized spacial score (nSPS) is 17.9. The zero-order valence-corrected chi connectivity index (χ0v) is 16.5. The number of quaternary nitrogens is 1. The molecule has 0 aromatic carbocycles. The summed E-state index contributed by atoms with van der Waals surface area (Å²) in [6.45, 7) is 9.38. The summed E-state index contributed by atoms with van der Waals surface area (Å²) in [5.41, 5.74) is 0.935. The molecular weight excluding hydrogens is 352 g/mol. The van der Waals surface area contributed by atoms with Gasteiger partial charge in [0.15, 0.2) is 5.13 Å². The van der Waals surface area contributed by atoms with E-state index >= 15 is 0 Å². The topological polar surface area (TPSA) is 76.0 Å². The molecule has 1 aromatic heterocycles. The fraction of sp³-hybridized carbons (Fsp3) is 0.722. The molecule has 26 heavy (non-hydrogen) atoms. The van der Waals surface area contributed by atoms with Gasteiger partial charge in [-0.25, -0.2) is 4.98 Å². The highest BCUT2D eigenvalue weighted by molar-refractivity contribution is 7.15. The Balaban J connectivity index is 1.49. The molecule has 2 fully saturated rings. The molecule has 1 saturated carbocycles. The van der Waals surface area contributed by atoms with Crippen molar-refractivity contribution >= 4 is 28.3 Å². The largest absolute Gasteiger partial charge is 0.370 e. The molecule has 2 amide bonds. The molecule has 0 bridgehead atoms. The maximum Gasteiger partial charge on any atom is 0.245 e. The molecule has 1 saturated heterocycles. The number of aryl methyl sites for hydroxylation is 2. The first-order valence-corrected chi connectivity index (χ1v) is 10.3. The number of nitrogens with one attached hydrogen (secondary N) is 2. The Morgan fingerprint density at radius 3 is 2.65 bits per heavy atom. The zero-order chi connectivity index (χ0) is 18.5. The van der Waals surface area contributed by atoms with Crippen LogP contribution in [-0.4, -0.2) is 67.6 Å². The van der Waals surface area contributed by atoms with Crippen molar-refractivity contribution in [3.63, 3.8) is 0 Å². The van der Waals surface area contributed by atoms with Gasteiger partial charge in [-0.15, -0.1) is 11.3 Å². The number of hydrogen-bond donors (Lipinski definition) is 2. The van der Waals surface area contributed by atoms with Gasteiger partial charge >= 0.3 is 0 Å². The molecule has 7 nitrogen and oxygen atoms in total. The first-order chi connectivity index (χ1) is 12.5. The van der Waals surface area contributed by atoms with Crippen molar-refractivity contribution < 1.29 is 19.2 Å². The average molecular weight is 382 g/mol. The number of ether oxygens (including phenoxy) is 1. The lowest BCUT2D eigenvalue weighted by atomic mass is 10.2. The third-order valence-corrected chi connectivity index (χ3v) is 5.99. The fourth-order valence-corrected chi connectivity index (χ4v) is 3.97. The Morgan fingerprint density at radius 1 is 1.31 bits per heavy atom. The van der Waals surface area contributed by atoms with Crippen molar-refractivity contribution in [2.45, 2.75) is 33.1 Å². The SMILES string of the molecule is Cc1nc(NC(=O)CN(CCC[NH+]2CCOCC2)C(=O)C2CC2)sc1C. The molecule has 8 heteroatoms. The summed E-state index contributed by atoms with van der Waals surface area (Å²) in [5, 5.41) is 3.45. The minimum atomic E-state index is -0.161. The molecule has 3 rings (SSSR count). The Kier molecular flexibility index (Phi) is 6.61. The van der Waals surface area contributed by atoms with Crippen LogP contribution in [0.4, 0.5) is 5.13 Å². The summed E-state index contributed by atoms with van der Waals surface area (Å²) in [6.07, 6.45) is 2.82. The smallest absolute Gasteiger partial charge is 0.245 e. The first-order valence-electron chi connectivity index (χ1n) is 9.47. The van der Waals surface area contributed by atoms with Crippen LogP contribution in [0.1, 0.15) is 29.8 Å². The van der Waals surface area contributed by atoms with Gasteiger partial charge in [-0.2, -0.15) is 0 Å². The van der Waals surface area contributed by atoms with E-state index in [0.29, 0.717) is 11.7 Å². The lowest BCUT2D eigenvalue weighted by Gasteiger charge is -2.26. The first kappa shape index (κ1) is 19.3. The predicted octanol–water partition coefficient (Wildman–Crippen LogP) is 0.242. The van der Waals surface area contributed by atoms with Gasteiger partial charge in [0.2, 0.25) is 11.8 Å². The highest BCUT2D eigenvalue weighted by Gasteiger charge is 2.34. The highest BCUT2D eigenvalue weighted by Crippen LogP contribution is 2.31. The Bertz CT molecular complexity index is 619. The van der Waals surface area contributed by atoms with Crippen LogP contribution < -0.4 is 10.2 Å². The van der Waals surface area contributed by atoms with Crippen LogP contribution in [0.15, 0.2) is 0 Å². The second-order valence-electron chi connectivity index (χ2n) is 7.21. The van der Waals surface area contributed by atoms with Crippen LogP contribution in [-0.2, 0) is 14.3 Å². The third-order valence-electron chi connectivity index (χ3n) is 5.01. The Labute approximate surface area is 158 Å². The summed E-state index contributed by atoms with van der Waals surface area (Å²) >= 11 is 1.47. The molecule has 1 aliphatic heterocycles. The number of anilines is 1. The molecule has 0 spiro atoms. The van der Waals surface area contributed by atoms with Crippen LogP contribution in [0, 0.1) is 19.8 Å². The molecule has 2 heterocycles. The summed E-state index contributed by atoms with van der Waals surface area (Å²) < 4.78 is 5.38. The van der Waals surface area contributed by atoms with Crippen molar-refractivity contribution in [2.75, 3.05) is 51.3 Å². The highest BCUT2D eigenvalue weighted by atomic mass is 32.1. The third kappa shape index (κ3) is 5.49. The van der Waals surface area contributed by atoms with Gasteiger partial charge in [0.05, 0.1) is 32.0 Å². The summed E-state index contributed by atoms with van der Waals surface area (Å²) in [6, 6.07) is 0. The van der Waals surface area contributed by atoms with Crippen LogP contribution in [0.2, 0.25) is 0 Å². The van der Waals surface area contributed by atoms with Crippen LogP contribution in [0.3, 0.4) is 0 Å². The van der Waals surface area contributed by atoms with Gasteiger partial charge in [-0.3, -0.25) is 9.59 Å². The maximum atomic E-state index is 12.5. The van der Waals surface area contributed by atoms with Crippen LogP contribution in [0.25, 0.3) is 0 Å². The molecule has 0 atom stereocenters. The van der Waals surface area contributed by atoms with Gasteiger partial charge in [0, 0.05) is 23.8 Å². The van der Waals surface area contributed by atoms with Crippen molar-refractivity contribution in [1.29, 1.82) is 0 Å². The van der Waals surface area contributed by atoms with Gasteiger partial charge in [0.1, 0.15) is 13.1 Å². The van der Waals surface area contributed by atoms with E-state index in [1.165, 1.54) is 16.2 Å². The number of aromatic nitrogens is 1. The minimum Gasteiger partial charge on any atom is -0.370 e.